The zero-order valence-corrected chi connectivity index (χ0v) is 11.9. The fourth-order valence-corrected chi connectivity index (χ4v) is 1.86. The number of carboxylic acid groups (broad SMARTS) is 1. The minimum absolute atomic E-state index is 0.114. The summed E-state index contributed by atoms with van der Waals surface area (Å²) in [6.45, 7) is 1.82. The minimum Gasteiger partial charge on any atom is -0.478 e. The molecule has 2 rings (SSSR count). The van der Waals surface area contributed by atoms with Crippen molar-refractivity contribution in [1.29, 1.82) is 5.26 Å². The van der Waals surface area contributed by atoms with Gasteiger partial charge in [0.25, 0.3) is 0 Å². The second-order valence-corrected chi connectivity index (χ2v) is 4.40. The van der Waals surface area contributed by atoms with Crippen LogP contribution in [0.5, 0.6) is 0 Å². The minimum atomic E-state index is -0.979. The normalized spacial score (nSPS) is 11.4. The van der Waals surface area contributed by atoms with Gasteiger partial charge < -0.3 is 5.11 Å². The van der Waals surface area contributed by atoms with Crippen LogP contribution in [0.15, 0.2) is 54.9 Å². The van der Waals surface area contributed by atoms with Crippen LogP contribution in [0.25, 0.3) is 16.7 Å². The van der Waals surface area contributed by atoms with E-state index in [4.69, 9.17) is 5.26 Å². The van der Waals surface area contributed by atoms with Crippen molar-refractivity contribution < 1.29 is 9.90 Å². The van der Waals surface area contributed by atoms with Gasteiger partial charge in [-0.25, -0.2) is 14.8 Å². The van der Waals surface area contributed by atoms with Crippen molar-refractivity contribution in [2.24, 2.45) is 0 Å². The second kappa shape index (κ2) is 6.95. The van der Waals surface area contributed by atoms with Crippen molar-refractivity contribution in [3.63, 3.8) is 0 Å². The number of aliphatic carboxylic acids is 1. The molecule has 22 heavy (non-hydrogen) atoms. The maximum absolute atomic E-state index is 11.3. The molecule has 0 aliphatic carbocycles. The van der Waals surface area contributed by atoms with Crippen LogP contribution in [0.4, 0.5) is 0 Å². The van der Waals surface area contributed by atoms with E-state index in [1.54, 1.807) is 54.9 Å². The number of nitrogens with zero attached hydrogens (tertiary/aromatic N) is 3. The Bertz CT molecular complexity index is 767. The largest absolute Gasteiger partial charge is 0.478 e. The van der Waals surface area contributed by atoms with Crippen molar-refractivity contribution in [1.82, 2.24) is 9.97 Å². The molecule has 1 heterocycles. The molecule has 1 aromatic heterocycles. The Morgan fingerprint density at radius 1 is 1.18 bits per heavy atom. The number of rotatable bonds is 4. The molecular weight excluding hydrogens is 278 g/mol. The lowest BCUT2D eigenvalue weighted by Crippen LogP contribution is -1.99. The van der Waals surface area contributed by atoms with Gasteiger partial charge in [-0.2, -0.15) is 5.26 Å². The van der Waals surface area contributed by atoms with Crippen molar-refractivity contribution in [2.75, 3.05) is 0 Å². The molecule has 0 saturated heterocycles. The monoisotopic (exact) mass is 291 g/mol. The first-order chi connectivity index (χ1) is 10.7. The van der Waals surface area contributed by atoms with Crippen molar-refractivity contribution >= 4 is 11.5 Å². The van der Waals surface area contributed by atoms with E-state index in [-0.39, 0.29) is 11.4 Å². The maximum Gasteiger partial charge on any atom is 0.336 e. The number of benzene rings is 1. The SMILES string of the molecule is CC=CC=C(C(=O)O)c1ccc(-c2cnc(C#N)nc2)cc1. The van der Waals surface area contributed by atoms with Crippen LogP contribution in [0.2, 0.25) is 0 Å². The Morgan fingerprint density at radius 3 is 2.32 bits per heavy atom. The highest BCUT2D eigenvalue weighted by Crippen LogP contribution is 2.22. The van der Waals surface area contributed by atoms with Crippen LogP contribution < -0.4 is 0 Å². The first kappa shape index (κ1) is 15.1. The van der Waals surface area contributed by atoms with Gasteiger partial charge >= 0.3 is 5.97 Å². The number of carbonyl (C=O) groups is 1. The molecule has 0 radical (unpaired) electrons. The van der Waals surface area contributed by atoms with E-state index >= 15 is 0 Å². The molecule has 5 heteroatoms. The average Bonchev–Trinajstić information content (AvgIpc) is 2.55. The van der Waals surface area contributed by atoms with Crippen LogP contribution in [0, 0.1) is 11.3 Å². The first-order valence-electron chi connectivity index (χ1n) is 6.55. The number of aromatic nitrogens is 2. The van der Waals surface area contributed by atoms with Gasteiger partial charge in [0.05, 0.1) is 5.57 Å². The molecular formula is C17H13N3O2. The molecule has 1 aromatic carbocycles. The summed E-state index contributed by atoms with van der Waals surface area (Å²) >= 11 is 0. The summed E-state index contributed by atoms with van der Waals surface area (Å²) in [4.78, 5) is 19.1. The van der Waals surface area contributed by atoms with E-state index < -0.39 is 5.97 Å². The molecule has 0 aliphatic rings. The summed E-state index contributed by atoms with van der Waals surface area (Å²) in [5.74, 6) is -0.865. The maximum atomic E-state index is 11.3. The molecule has 5 nitrogen and oxygen atoms in total. The third-order valence-corrected chi connectivity index (χ3v) is 2.97. The molecule has 2 aromatic rings. The van der Waals surface area contributed by atoms with Crippen LogP contribution in [0.1, 0.15) is 18.3 Å². The van der Waals surface area contributed by atoms with Gasteiger partial charge in [-0.1, -0.05) is 36.4 Å². The molecule has 0 spiro atoms. The van der Waals surface area contributed by atoms with Gasteiger partial charge in [0, 0.05) is 18.0 Å². The molecule has 0 atom stereocenters. The average molecular weight is 291 g/mol. The lowest BCUT2D eigenvalue weighted by molar-refractivity contribution is -0.130. The molecule has 0 amide bonds. The van der Waals surface area contributed by atoms with Gasteiger partial charge in [-0.05, 0) is 24.1 Å². The third-order valence-electron chi connectivity index (χ3n) is 2.97. The summed E-state index contributed by atoms with van der Waals surface area (Å²) in [5.41, 5.74) is 2.45. The molecule has 0 saturated carbocycles. The standard InChI is InChI=1S/C17H13N3O2/c1-2-3-4-15(17(21)22)13-7-5-12(6-8-13)14-10-19-16(9-18)20-11-14/h2-8,10-11H,1H3,(H,21,22). The van der Waals surface area contributed by atoms with Crippen LogP contribution in [0.3, 0.4) is 0 Å². The summed E-state index contributed by atoms with van der Waals surface area (Å²) in [5, 5.41) is 17.9. The van der Waals surface area contributed by atoms with Gasteiger partial charge in [0.2, 0.25) is 5.82 Å². The topological polar surface area (TPSA) is 86.9 Å². The number of allylic oxidation sites excluding steroid dienone is 3. The number of hydrogen-bond acceptors (Lipinski definition) is 4. The highest BCUT2D eigenvalue weighted by Gasteiger charge is 2.09. The van der Waals surface area contributed by atoms with E-state index in [0.717, 1.165) is 11.1 Å². The predicted octanol–water partition coefficient (Wildman–Crippen LogP) is 3.06. The highest BCUT2D eigenvalue weighted by molar-refractivity contribution is 6.15. The Hall–Kier alpha value is -3.26. The van der Waals surface area contributed by atoms with Crippen LogP contribution >= 0.6 is 0 Å². The Morgan fingerprint density at radius 2 is 1.82 bits per heavy atom. The van der Waals surface area contributed by atoms with Crippen molar-refractivity contribution in [2.45, 2.75) is 6.92 Å². The fourth-order valence-electron chi connectivity index (χ4n) is 1.86. The van der Waals surface area contributed by atoms with Crippen molar-refractivity contribution in [3.8, 4) is 17.2 Å². The zero-order valence-electron chi connectivity index (χ0n) is 11.9. The highest BCUT2D eigenvalue weighted by atomic mass is 16.4. The van der Waals surface area contributed by atoms with E-state index in [9.17, 15) is 9.90 Å². The lowest BCUT2D eigenvalue weighted by atomic mass is 10.0. The number of carboxylic acids is 1. The predicted molar refractivity (Wildman–Crippen MR) is 82.6 cm³/mol. The second-order valence-electron chi connectivity index (χ2n) is 4.40. The molecule has 0 aliphatic heterocycles. The number of nitriles is 1. The van der Waals surface area contributed by atoms with E-state index in [1.165, 1.54) is 0 Å². The molecule has 0 unspecified atom stereocenters. The Kier molecular flexibility index (Phi) is 4.78. The molecule has 0 bridgehead atoms. The summed E-state index contributed by atoms with van der Waals surface area (Å²) in [6, 6.07) is 8.92. The molecule has 1 N–H and O–H groups in total. The van der Waals surface area contributed by atoms with Gasteiger partial charge in [-0.3, -0.25) is 0 Å². The van der Waals surface area contributed by atoms with Crippen LogP contribution in [-0.2, 0) is 4.79 Å². The fraction of sp³-hybridized carbons (Fsp3) is 0.0588. The van der Waals surface area contributed by atoms with E-state index in [2.05, 4.69) is 9.97 Å². The van der Waals surface area contributed by atoms with Crippen molar-refractivity contribution in [3.05, 3.63) is 66.3 Å². The summed E-state index contributed by atoms with van der Waals surface area (Å²) in [6.07, 6.45) is 8.14. The Balaban J connectivity index is 2.33. The van der Waals surface area contributed by atoms with Crippen LogP contribution in [-0.4, -0.2) is 21.0 Å². The third kappa shape index (κ3) is 3.44. The van der Waals surface area contributed by atoms with E-state index in [1.807, 2.05) is 13.0 Å². The summed E-state index contributed by atoms with van der Waals surface area (Å²) < 4.78 is 0. The number of hydrogen-bond donors (Lipinski definition) is 1. The Labute approximate surface area is 127 Å². The first-order valence-corrected chi connectivity index (χ1v) is 6.55. The van der Waals surface area contributed by atoms with Gasteiger partial charge in [0.1, 0.15) is 6.07 Å². The summed E-state index contributed by atoms with van der Waals surface area (Å²) in [7, 11) is 0. The smallest absolute Gasteiger partial charge is 0.336 e. The lowest BCUT2D eigenvalue weighted by Gasteiger charge is -2.05. The molecule has 0 fully saturated rings. The van der Waals surface area contributed by atoms with Gasteiger partial charge in [0.15, 0.2) is 0 Å². The zero-order chi connectivity index (χ0) is 15.9. The van der Waals surface area contributed by atoms with Gasteiger partial charge in [-0.15, -0.1) is 0 Å². The van der Waals surface area contributed by atoms with E-state index in [0.29, 0.717) is 5.56 Å². The quantitative estimate of drug-likeness (QED) is 0.691. The molecule has 108 valence electrons.